The van der Waals surface area contributed by atoms with Crippen LogP contribution in [-0.4, -0.2) is 34.5 Å². The number of rotatable bonds is 2. The van der Waals surface area contributed by atoms with E-state index in [0.717, 1.165) is 0 Å². The van der Waals surface area contributed by atoms with Crippen LogP contribution < -0.4 is 0 Å². The molecule has 1 fully saturated rings. The van der Waals surface area contributed by atoms with Gasteiger partial charge in [0.15, 0.2) is 6.10 Å². The Morgan fingerprint density at radius 2 is 2.33 bits per heavy atom. The Bertz CT molecular complexity index is 131. The monoisotopic (exact) mass is 132 g/mol. The highest BCUT2D eigenvalue weighted by molar-refractivity contribution is 5.75. The number of hydrogen-bond donors (Lipinski definition) is 2. The van der Waals surface area contributed by atoms with Crippen molar-refractivity contribution in [2.45, 2.75) is 25.2 Å². The van der Waals surface area contributed by atoms with E-state index in [1.165, 1.54) is 6.92 Å². The fraction of sp³-hybridized carbons (Fsp3) is 0.800. The Labute approximate surface area is 52.1 Å². The molecule has 0 unspecified atom stereocenters. The van der Waals surface area contributed by atoms with Crippen molar-refractivity contribution >= 4 is 5.97 Å². The lowest BCUT2D eigenvalue weighted by atomic mass is 10.2. The highest BCUT2D eigenvalue weighted by atomic mass is 16.6. The summed E-state index contributed by atoms with van der Waals surface area (Å²) in [6, 6.07) is 0. The maximum Gasteiger partial charge on any atom is 0.335 e. The van der Waals surface area contributed by atoms with Crippen LogP contribution in [0.4, 0.5) is 0 Å². The number of carbonyl (C=O) groups is 1. The fourth-order valence-corrected chi connectivity index (χ4v) is 0.689. The topological polar surface area (TPSA) is 70.1 Å². The number of hydrogen-bond acceptors (Lipinski definition) is 3. The summed E-state index contributed by atoms with van der Waals surface area (Å²) in [7, 11) is 0. The van der Waals surface area contributed by atoms with E-state index < -0.39 is 24.3 Å². The standard InChI is InChI=1S/C5H8O4/c1-2(6)3-4(9-3)5(7)8/h2-4,6H,1H3,(H,7,8)/t2-,3-,4-/m1/s1. The Balaban J connectivity index is 2.33. The number of epoxide rings is 1. The first-order valence-corrected chi connectivity index (χ1v) is 2.69. The lowest BCUT2D eigenvalue weighted by molar-refractivity contribution is -0.138. The SMILES string of the molecule is C[C@@H](O)[C@H]1O[C@H]1C(=O)O. The summed E-state index contributed by atoms with van der Waals surface area (Å²) in [6.07, 6.45) is -1.93. The van der Waals surface area contributed by atoms with Crippen molar-refractivity contribution in [1.29, 1.82) is 0 Å². The second kappa shape index (κ2) is 1.97. The van der Waals surface area contributed by atoms with Crippen LogP contribution in [-0.2, 0) is 9.53 Å². The van der Waals surface area contributed by atoms with E-state index in [2.05, 4.69) is 4.74 Å². The summed E-state index contributed by atoms with van der Waals surface area (Å²) >= 11 is 0. The third kappa shape index (κ3) is 1.20. The van der Waals surface area contributed by atoms with Gasteiger partial charge in [0.25, 0.3) is 0 Å². The van der Waals surface area contributed by atoms with Crippen molar-refractivity contribution < 1.29 is 19.7 Å². The van der Waals surface area contributed by atoms with Gasteiger partial charge in [0.2, 0.25) is 0 Å². The van der Waals surface area contributed by atoms with Gasteiger partial charge in [-0.25, -0.2) is 4.79 Å². The smallest absolute Gasteiger partial charge is 0.335 e. The predicted molar refractivity (Wildman–Crippen MR) is 28.0 cm³/mol. The van der Waals surface area contributed by atoms with E-state index in [9.17, 15) is 4.79 Å². The van der Waals surface area contributed by atoms with Gasteiger partial charge < -0.3 is 14.9 Å². The van der Waals surface area contributed by atoms with Gasteiger partial charge in [-0.05, 0) is 6.92 Å². The molecule has 1 rings (SSSR count). The Hall–Kier alpha value is -0.610. The molecule has 0 aromatic carbocycles. The van der Waals surface area contributed by atoms with Crippen LogP contribution >= 0.6 is 0 Å². The van der Waals surface area contributed by atoms with Crippen molar-refractivity contribution in [2.75, 3.05) is 0 Å². The molecule has 2 N–H and O–H groups in total. The van der Waals surface area contributed by atoms with Gasteiger partial charge in [-0.3, -0.25) is 0 Å². The molecule has 0 bridgehead atoms. The summed E-state index contributed by atoms with van der Waals surface area (Å²) in [5, 5.41) is 17.0. The van der Waals surface area contributed by atoms with E-state index in [4.69, 9.17) is 10.2 Å². The third-order valence-electron chi connectivity index (χ3n) is 1.24. The molecule has 1 saturated heterocycles. The lowest BCUT2D eigenvalue weighted by Crippen LogP contribution is -2.16. The molecule has 0 aliphatic carbocycles. The van der Waals surface area contributed by atoms with Gasteiger partial charge in [0.1, 0.15) is 6.10 Å². The predicted octanol–water partition coefficient (Wildman–Crippen LogP) is -0.781. The minimum absolute atomic E-state index is 0.484. The second-order valence-corrected chi connectivity index (χ2v) is 2.10. The molecule has 1 heterocycles. The normalized spacial score (nSPS) is 35.8. The fourth-order valence-electron chi connectivity index (χ4n) is 0.689. The average Bonchev–Trinajstić information content (AvgIpc) is 2.39. The first-order valence-electron chi connectivity index (χ1n) is 2.69. The second-order valence-electron chi connectivity index (χ2n) is 2.10. The quantitative estimate of drug-likeness (QED) is 0.483. The summed E-state index contributed by atoms with van der Waals surface area (Å²) in [4.78, 5) is 10.0. The van der Waals surface area contributed by atoms with Crippen molar-refractivity contribution in [3.8, 4) is 0 Å². The molecule has 4 nitrogen and oxygen atoms in total. The highest BCUT2D eigenvalue weighted by Gasteiger charge is 2.48. The van der Waals surface area contributed by atoms with Crippen LogP contribution in [0.3, 0.4) is 0 Å². The first-order chi connectivity index (χ1) is 4.13. The maximum atomic E-state index is 10.0. The van der Waals surface area contributed by atoms with Crippen molar-refractivity contribution in [2.24, 2.45) is 0 Å². The molecular weight excluding hydrogens is 124 g/mol. The maximum absolute atomic E-state index is 10.0. The zero-order chi connectivity index (χ0) is 7.02. The van der Waals surface area contributed by atoms with E-state index in [0.29, 0.717) is 0 Å². The zero-order valence-electron chi connectivity index (χ0n) is 4.94. The van der Waals surface area contributed by atoms with Gasteiger partial charge in [-0.2, -0.15) is 0 Å². The lowest BCUT2D eigenvalue weighted by Gasteiger charge is -1.92. The molecule has 0 radical (unpaired) electrons. The molecule has 52 valence electrons. The molecule has 4 heteroatoms. The van der Waals surface area contributed by atoms with Gasteiger partial charge in [0, 0.05) is 0 Å². The molecule has 0 amide bonds. The zero-order valence-corrected chi connectivity index (χ0v) is 4.94. The van der Waals surface area contributed by atoms with Crippen LogP contribution in [0.15, 0.2) is 0 Å². The summed E-state index contributed by atoms with van der Waals surface area (Å²) in [6.45, 7) is 1.51. The van der Waals surface area contributed by atoms with Gasteiger partial charge in [-0.15, -0.1) is 0 Å². The van der Waals surface area contributed by atoms with Crippen LogP contribution in [0.2, 0.25) is 0 Å². The molecule has 0 saturated carbocycles. The molecule has 0 aromatic rings. The Morgan fingerprint density at radius 3 is 2.44 bits per heavy atom. The molecule has 0 spiro atoms. The van der Waals surface area contributed by atoms with Crippen LogP contribution in [0.1, 0.15) is 6.92 Å². The molecule has 1 aliphatic heterocycles. The molecule has 9 heavy (non-hydrogen) atoms. The molecule has 0 aromatic heterocycles. The third-order valence-corrected chi connectivity index (χ3v) is 1.24. The van der Waals surface area contributed by atoms with Crippen LogP contribution in [0, 0.1) is 0 Å². The highest BCUT2D eigenvalue weighted by Crippen LogP contribution is 2.24. The number of aliphatic hydroxyl groups excluding tert-OH is 1. The van der Waals surface area contributed by atoms with Crippen molar-refractivity contribution in [1.82, 2.24) is 0 Å². The van der Waals surface area contributed by atoms with Gasteiger partial charge in [0.05, 0.1) is 6.10 Å². The minimum Gasteiger partial charge on any atom is -0.479 e. The first kappa shape index (κ1) is 6.51. The van der Waals surface area contributed by atoms with Crippen molar-refractivity contribution in [3.63, 3.8) is 0 Å². The molecule has 1 aliphatic rings. The summed E-state index contributed by atoms with van der Waals surface area (Å²) in [5.41, 5.74) is 0. The van der Waals surface area contributed by atoms with Gasteiger partial charge in [-0.1, -0.05) is 0 Å². The Morgan fingerprint density at radius 1 is 1.78 bits per heavy atom. The molecule has 3 atom stereocenters. The largest absolute Gasteiger partial charge is 0.479 e. The van der Waals surface area contributed by atoms with Crippen LogP contribution in [0.25, 0.3) is 0 Å². The van der Waals surface area contributed by atoms with Gasteiger partial charge >= 0.3 is 5.97 Å². The number of carboxylic acid groups (broad SMARTS) is 1. The number of ether oxygens (including phenoxy) is 1. The Kier molecular flexibility index (Phi) is 1.42. The number of aliphatic carboxylic acids is 1. The van der Waals surface area contributed by atoms with Crippen LogP contribution in [0.5, 0.6) is 0 Å². The van der Waals surface area contributed by atoms with E-state index in [1.807, 2.05) is 0 Å². The molecular formula is C5H8O4. The van der Waals surface area contributed by atoms with E-state index >= 15 is 0 Å². The van der Waals surface area contributed by atoms with E-state index in [-0.39, 0.29) is 0 Å². The average molecular weight is 132 g/mol. The van der Waals surface area contributed by atoms with Crippen molar-refractivity contribution in [3.05, 3.63) is 0 Å². The summed E-state index contributed by atoms with van der Waals surface area (Å²) < 4.78 is 4.59. The van der Waals surface area contributed by atoms with E-state index in [1.54, 1.807) is 0 Å². The minimum atomic E-state index is -0.999. The number of carboxylic acids is 1. The number of aliphatic hydroxyl groups is 1. The summed E-state index contributed by atoms with van der Waals surface area (Å²) in [5.74, 6) is -0.999.